The third-order valence-corrected chi connectivity index (χ3v) is 2.74. The standard InChI is InChI=1S/C9H11ClN2OS/c1-14-9-11-7(10)4-8(12-9)13-5-6-2-3-6/h4,6H,2-3,5H2,1H3. The molecule has 1 saturated carbocycles. The molecular weight excluding hydrogens is 220 g/mol. The Kier molecular flexibility index (Phi) is 3.13. The number of ether oxygens (including phenoxy) is 1. The first-order chi connectivity index (χ1) is 6.78. The minimum absolute atomic E-state index is 0.440. The molecule has 0 aliphatic heterocycles. The molecule has 0 amide bonds. The van der Waals surface area contributed by atoms with Crippen LogP contribution in [0.5, 0.6) is 5.88 Å². The largest absolute Gasteiger partial charge is 0.477 e. The van der Waals surface area contributed by atoms with Crippen molar-refractivity contribution in [3.05, 3.63) is 11.2 Å². The molecule has 0 bridgehead atoms. The molecular formula is C9H11ClN2OS. The predicted octanol–water partition coefficient (Wildman–Crippen LogP) is 2.64. The summed E-state index contributed by atoms with van der Waals surface area (Å²) in [5, 5.41) is 1.10. The second-order valence-electron chi connectivity index (χ2n) is 3.27. The monoisotopic (exact) mass is 230 g/mol. The van der Waals surface area contributed by atoms with E-state index in [4.69, 9.17) is 16.3 Å². The Morgan fingerprint density at radius 1 is 1.57 bits per heavy atom. The van der Waals surface area contributed by atoms with E-state index in [1.54, 1.807) is 6.07 Å². The van der Waals surface area contributed by atoms with Gasteiger partial charge in [0, 0.05) is 6.07 Å². The molecule has 1 heterocycles. The second kappa shape index (κ2) is 4.36. The summed E-state index contributed by atoms with van der Waals surface area (Å²) in [6.45, 7) is 0.751. The molecule has 0 saturated heterocycles. The molecule has 1 aromatic rings. The van der Waals surface area contributed by atoms with Crippen LogP contribution in [-0.2, 0) is 0 Å². The maximum Gasteiger partial charge on any atom is 0.218 e. The zero-order valence-corrected chi connectivity index (χ0v) is 9.44. The van der Waals surface area contributed by atoms with E-state index in [1.807, 2.05) is 6.26 Å². The van der Waals surface area contributed by atoms with Gasteiger partial charge in [0.2, 0.25) is 5.88 Å². The summed E-state index contributed by atoms with van der Waals surface area (Å²) in [5.74, 6) is 1.31. The lowest BCUT2D eigenvalue weighted by atomic mass is 10.5. The number of thioether (sulfide) groups is 1. The van der Waals surface area contributed by atoms with Gasteiger partial charge in [0.25, 0.3) is 0 Å². The first kappa shape index (κ1) is 10.1. The molecule has 3 nitrogen and oxygen atoms in total. The molecule has 0 radical (unpaired) electrons. The highest BCUT2D eigenvalue weighted by Crippen LogP contribution is 2.29. The molecule has 1 fully saturated rings. The van der Waals surface area contributed by atoms with Crippen molar-refractivity contribution >= 4 is 23.4 Å². The van der Waals surface area contributed by atoms with E-state index in [-0.39, 0.29) is 0 Å². The third-order valence-electron chi connectivity index (χ3n) is 2.00. The molecule has 0 atom stereocenters. The summed E-state index contributed by atoms with van der Waals surface area (Å²) < 4.78 is 5.50. The van der Waals surface area contributed by atoms with Crippen LogP contribution in [0.3, 0.4) is 0 Å². The minimum atomic E-state index is 0.440. The number of rotatable bonds is 4. The summed E-state index contributed by atoms with van der Waals surface area (Å²) in [6.07, 6.45) is 4.46. The predicted molar refractivity (Wildman–Crippen MR) is 57.0 cm³/mol. The minimum Gasteiger partial charge on any atom is -0.477 e. The van der Waals surface area contributed by atoms with Crippen LogP contribution in [0, 0.1) is 5.92 Å². The third kappa shape index (κ3) is 2.75. The van der Waals surface area contributed by atoms with E-state index in [0.717, 1.165) is 12.5 Å². The average molecular weight is 231 g/mol. The molecule has 0 N–H and O–H groups in total. The lowest BCUT2D eigenvalue weighted by Gasteiger charge is -2.05. The molecule has 0 spiro atoms. The Hall–Kier alpha value is -0.480. The smallest absolute Gasteiger partial charge is 0.218 e. The van der Waals surface area contributed by atoms with E-state index in [1.165, 1.54) is 24.6 Å². The zero-order valence-electron chi connectivity index (χ0n) is 7.86. The lowest BCUT2D eigenvalue weighted by Crippen LogP contribution is -2.01. The Bertz CT molecular complexity index is 331. The highest BCUT2D eigenvalue weighted by molar-refractivity contribution is 7.98. The van der Waals surface area contributed by atoms with Crippen LogP contribution >= 0.6 is 23.4 Å². The van der Waals surface area contributed by atoms with Gasteiger partial charge >= 0.3 is 0 Å². The molecule has 14 heavy (non-hydrogen) atoms. The Morgan fingerprint density at radius 3 is 3.00 bits per heavy atom. The van der Waals surface area contributed by atoms with Gasteiger partial charge in [-0.1, -0.05) is 23.4 Å². The van der Waals surface area contributed by atoms with Gasteiger partial charge < -0.3 is 4.74 Å². The van der Waals surface area contributed by atoms with Gasteiger partial charge in [-0.2, -0.15) is 4.98 Å². The molecule has 1 aliphatic carbocycles. The molecule has 0 aromatic carbocycles. The van der Waals surface area contributed by atoms with Crippen LogP contribution < -0.4 is 4.74 Å². The Balaban J connectivity index is 2.03. The van der Waals surface area contributed by atoms with Gasteiger partial charge in [-0.3, -0.25) is 0 Å². The van der Waals surface area contributed by atoms with Gasteiger partial charge in [-0.25, -0.2) is 4.98 Å². The number of hydrogen-bond acceptors (Lipinski definition) is 4. The van der Waals surface area contributed by atoms with Crippen molar-refractivity contribution in [1.29, 1.82) is 0 Å². The van der Waals surface area contributed by atoms with Gasteiger partial charge in [0.05, 0.1) is 6.61 Å². The quantitative estimate of drug-likeness (QED) is 0.453. The van der Waals surface area contributed by atoms with Crippen LogP contribution in [-0.4, -0.2) is 22.8 Å². The second-order valence-corrected chi connectivity index (χ2v) is 4.43. The van der Waals surface area contributed by atoms with Crippen molar-refractivity contribution in [2.75, 3.05) is 12.9 Å². The van der Waals surface area contributed by atoms with Crippen LogP contribution in [0.1, 0.15) is 12.8 Å². The number of hydrogen-bond donors (Lipinski definition) is 0. The first-order valence-electron chi connectivity index (χ1n) is 4.49. The normalized spacial score (nSPS) is 15.6. The average Bonchev–Trinajstić information content (AvgIpc) is 2.97. The molecule has 1 aromatic heterocycles. The van der Waals surface area contributed by atoms with Crippen molar-refractivity contribution < 1.29 is 4.74 Å². The van der Waals surface area contributed by atoms with Crippen molar-refractivity contribution in [3.8, 4) is 5.88 Å². The maximum absolute atomic E-state index is 5.82. The van der Waals surface area contributed by atoms with E-state index >= 15 is 0 Å². The zero-order chi connectivity index (χ0) is 9.97. The molecule has 76 valence electrons. The van der Waals surface area contributed by atoms with E-state index in [0.29, 0.717) is 16.2 Å². The van der Waals surface area contributed by atoms with Crippen molar-refractivity contribution in [2.24, 2.45) is 5.92 Å². The molecule has 1 aliphatic rings. The van der Waals surface area contributed by atoms with E-state index in [9.17, 15) is 0 Å². The summed E-state index contributed by atoms with van der Waals surface area (Å²) in [7, 11) is 0. The summed E-state index contributed by atoms with van der Waals surface area (Å²) in [4.78, 5) is 8.23. The van der Waals surface area contributed by atoms with Crippen molar-refractivity contribution in [1.82, 2.24) is 9.97 Å². The molecule has 0 unspecified atom stereocenters. The van der Waals surface area contributed by atoms with Gasteiger partial charge in [0.15, 0.2) is 5.16 Å². The Labute approximate surface area is 92.2 Å². The van der Waals surface area contributed by atoms with Gasteiger partial charge in [-0.05, 0) is 25.0 Å². The van der Waals surface area contributed by atoms with Crippen molar-refractivity contribution in [3.63, 3.8) is 0 Å². The number of halogens is 1. The maximum atomic E-state index is 5.82. The van der Waals surface area contributed by atoms with Gasteiger partial charge in [0.1, 0.15) is 5.15 Å². The van der Waals surface area contributed by atoms with E-state index in [2.05, 4.69) is 9.97 Å². The fraction of sp³-hybridized carbons (Fsp3) is 0.556. The highest BCUT2D eigenvalue weighted by Gasteiger charge is 2.22. The topological polar surface area (TPSA) is 35.0 Å². The summed E-state index contributed by atoms with van der Waals surface area (Å²) in [6, 6.07) is 1.66. The van der Waals surface area contributed by atoms with Crippen LogP contribution in [0.15, 0.2) is 11.2 Å². The number of nitrogens with zero attached hydrogens (tertiary/aromatic N) is 2. The summed E-state index contributed by atoms with van der Waals surface area (Å²) in [5.41, 5.74) is 0. The lowest BCUT2D eigenvalue weighted by molar-refractivity contribution is 0.285. The summed E-state index contributed by atoms with van der Waals surface area (Å²) >= 11 is 7.28. The Morgan fingerprint density at radius 2 is 2.36 bits per heavy atom. The van der Waals surface area contributed by atoms with Crippen molar-refractivity contribution in [2.45, 2.75) is 18.0 Å². The van der Waals surface area contributed by atoms with E-state index < -0.39 is 0 Å². The molecule has 5 heteroatoms. The molecule has 2 rings (SSSR count). The van der Waals surface area contributed by atoms with Gasteiger partial charge in [-0.15, -0.1) is 0 Å². The SMILES string of the molecule is CSc1nc(Cl)cc(OCC2CC2)n1. The highest BCUT2D eigenvalue weighted by atomic mass is 35.5. The fourth-order valence-electron chi connectivity index (χ4n) is 1.03. The van der Waals surface area contributed by atoms with Crippen LogP contribution in [0.4, 0.5) is 0 Å². The number of aromatic nitrogens is 2. The van der Waals surface area contributed by atoms with Crippen LogP contribution in [0.2, 0.25) is 5.15 Å². The fourth-order valence-corrected chi connectivity index (χ4v) is 1.62. The van der Waals surface area contributed by atoms with Crippen LogP contribution in [0.25, 0.3) is 0 Å². The first-order valence-corrected chi connectivity index (χ1v) is 6.09.